The zero-order valence-corrected chi connectivity index (χ0v) is 18.6. The molecule has 0 unspecified atom stereocenters. The van der Waals surface area contributed by atoms with Crippen molar-refractivity contribution in [3.63, 3.8) is 0 Å². The van der Waals surface area contributed by atoms with Crippen LogP contribution < -0.4 is 0 Å². The highest BCUT2D eigenvalue weighted by atomic mass is 35.5. The molecule has 1 saturated heterocycles. The molecule has 0 saturated carbocycles. The summed E-state index contributed by atoms with van der Waals surface area (Å²) in [5.41, 5.74) is -2.64. The monoisotopic (exact) mass is 506 g/mol. The van der Waals surface area contributed by atoms with Gasteiger partial charge in [0.25, 0.3) is 6.43 Å². The minimum absolute atomic E-state index is 0.193. The van der Waals surface area contributed by atoms with Crippen molar-refractivity contribution in [2.24, 2.45) is 0 Å². The fourth-order valence-electron chi connectivity index (χ4n) is 3.43. The number of aliphatic hydroxyl groups is 2. The van der Waals surface area contributed by atoms with Gasteiger partial charge in [-0.2, -0.15) is 9.57 Å². The lowest BCUT2D eigenvalue weighted by Crippen LogP contribution is -2.49. The maximum absolute atomic E-state index is 13.1. The van der Waals surface area contributed by atoms with Gasteiger partial charge in [-0.15, -0.1) is 0 Å². The van der Waals surface area contributed by atoms with Crippen LogP contribution in [0.1, 0.15) is 17.6 Å². The van der Waals surface area contributed by atoms with Crippen molar-refractivity contribution in [2.75, 3.05) is 19.7 Å². The zero-order valence-electron chi connectivity index (χ0n) is 16.2. The molecule has 2 atom stereocenters. The van der Waals surface area contributed by atoms with Crippen LogP contribution in [0.15, 0.2) is 52.3 Å². The molecule has 0 aliphatic carbocycles. The first kappa shape index (κ1) is 24.5. The van der Waals surface area contributed by atoms with E-state index >= 15 is 0 Å². The van der Waals surface area contributed by atoms with Gasteiger partial charge in [0, 0.05) is 18.7 Å². The number of sulfone groups is 1. The molecule has 2 N–H and O–H groups in total. The Morgan fingerprint density at radius 3 is 2.31 bits per heavy atom. The lowest BCUT2D eigenvalue weighted by atomic mass is 10.1. The van der Waals surface area contributed by atoms with Crippen molar-refractivity contribution in [1.29, 1.82) is 5.26 Å². The fourth-order valence-corrected chi connectivity index (χ4v) is 7.52. The Labute approximate surface area is 188 Å². The third-order valence-corrected chi connectivity index (χ3v) is 9.77. The molecule has 32 heavy (non-hydrogen) atoms. The Bertz CT molecular complexity index is 1280. The summed E-state index contributed by atoms with van der Waals surface area (Å²) in [6.07, 6.45) is -2.88. The van der Waals surface area contributed by atoms with Crippen LogP contribution in [0.3, 0.4) is 0 Å². The van der Waals surface area contributed by atoms with Gasteiger partial charge in [0.15, 0.2) is 9.84 Å². The third-order valence-electron chi connectivity index (χ3n) is 5.21. The van der Waals surface area contributed by atoms with Crippen LogP contribution in [0, 0.1) is 11.3 Å². The Morgan fingerprint density at radius 2 is 1.81 bits per heavy atom. The maximum atomic E-state index is 13.1. The summed E-state index contributed by atoms with van der Waals surface area (Å²) >= 11 is 5.90. The van der Waals surface area contributed by atoms with Crippen molar-refractivity contribution in [2.45, 2.75) is 27.1 Å². The molecule has 0 bridgehead atoms. The maximum Gasteiger partial charge on any atom is 0.263 e. The average molecular weight is 507 g/mol. The first-order valence-electron chi connectivity index (χ1n) is 9.02. The largest absolute Gasteiger partial charge is 0.393 e. The quantitative estimate of drug-likeness (QED) is 0.608. The molecule has 2 aromatic carbocycles. The second-order valence-electron chi connectivity index (χ2n) is 7.22. The van der Waals surface area contributed by atoms with E-state index in [-0.39, 0.29) is 10.5 Å². The van der Waals surface area contributed by atoms with Gasteiger partial charge in [-0.05, 0) is 36.4 Å². The zero-order chi connectivity index (χ0) is 23.9. The summed E-state index contributed by atoms with van der Waals surface area (Å²) < 4.78 is 78.7. The molecule has 0 spiro atoms. The number of benzene rings is 2. The lowest BCUT2D eigenvalue weighted by Gasteiger charge is -2.26. The summed E-state index contributed by atoms with van der Waals surface area (Å²) in [5, 5.41) is 27.2. The minimum Gasteiger partial charge on any atom is -0.393 e. The van der Waals surface area contributed by atoms with Crippen molar-refractivity contribution in [1.82, 2.24) is 4.31 Å². The van der Waals surface area contributed by atoms with Crippen LogP contribution >= 0.6 is 11.6 Å². The molecule has 1 aliphatic rings. The minimum atomic E-state index is -4.50. The van der Waals surface area contributed by atoms with E-state index in [0.29, 0.717) is 4.31 Å². The van der Waals surface area contributed by atoms with Crippen molar-refractivity contribution in [3.8, 4) is 6.07 Å². The second kappa shape index (κ2) is 8.66. The molecule has 0 aromatic heterocycles. The molecular formula is C19H17ClF2N2O6S2. The summed E-state index contributed by atoms with van der Waals surface area (Å²) in [5.74, 6) is 0. The number of rotatable bonds is 6. The Kier molecular flexibility index (Phi) is 6.63. The molecular weight excluding hydrogens is 490 g/mol. The van der Waals surface area contributed by atoms with Gasteiger partial charge < -0.3 is 10.2 Å². The molecule has 13 heteroatoms. The normalized spacial score (nSPS) is 22.2. The van der Waals surface area contributed by atoms with Gasteiger partial charge in [-0.1, -0.05) is 17.7 Å². The Hall–Kier alpha value is -2.14. The molecule has 0 radical (unpaired) electrons. The molecule has 1 fully saturated rings. The van der Waals surface area contributed by atoms with Crippen LogP contribution in [-0.4, -0.2) is 61.9 Å². The van der Waals surface area contributed by atoms with Gasteiger partial charge in [-0.3, -0.25) is 0 Å². The highest BCUT2D eigenvalue weighted by molar-refractivity contribution is 7.92. The SMILES string of the molecule is N#Cc1ccc(S(=O)(=O)[C@H]2CN(S(=O)(=O)c3ccc(C(F)F)cc3Cl)C[C@@]2(O)CO)cc1. The number of hydrogen-bond acceptors (Lipinski definition) is 7. The number of hydrogen-bond donors (Lipinski definition) is 2. The number of nitriles is 1. The Morgan fingerprint density at radius 1 is 1.19 bits per heavy atom. The number of nitrogens with zero attached hydrogens (tertiary/aromatic N) is 2. The van der Waals surface area contributed by atoms with Gasteiger partial charge in [0.05, 0.1) is 28.2 Å². The standard InChI is InChI=1S/C19H17ClF2N2O6S2/c20-15-7-13(18(21)22)3-6-16(15)32(29,30)24-9-17(19(26,10-24)11-25)31(27,28)14-4-1-12(8-23)2-5-14/h1-7,17-18,25-26H,9-11H2/t17-,19+/m0/s1. The van der Waals surface area contributed by atoms with Crippen LogP contribution in [0.4, 0.5) is 8.78 Å². The van der Waals surface area contributed by atoms with Crippen LogP contribution in [0.2, 0.25) is 5.02 Å². The smallest absolute Gasteiger partial charge is 0.263 e. The molecule has 1 heterocycles. The third kappa shape index (κ3) is 4.24. The van der Waals surface area contributed by atoms with Gasteiger partial charge in [-0.25, -0.2) is 25.6 Å². The first-order chi connectivity index (χ1) is 14.9. The number of sulfonamides is 1. The van der Waals surface area contributed by atoms with E-state index in [1.807, 2.05) is 6.07 Å². The van der Waals surface area contributed by atoms with Crippen LogP contribution in [0.25, 0.3) is 0 Å². The summed E-state index contributed by atoms with van der Waals surface area (Å²) in [7, 11) is -8.85. The highest BCUT2D eigenvalue weighted by Crippen LogP contribution is 2.36. The topological polar surface area (TPSA) is 136 Å². The van der Waals surface area contributed by atoms with E-state index in [9.17, 15) is 35.8 Å². The fraction of sp³-hybridized carbons (Fsp3) is 0.316. The van der Waals surface area contributed by atoms with E-state index in [2.05, 4.69) is 0 Å². The highest BCUT2D eigenvalue weighted by Gasteiger charge is 2.55. The van der Waals surface area contributed by atoms with E-state index in [4.69, 9.17) is 16.9 Å². The molecule has 3 rings (SSSR count). The van der Waals surface area contributed by atoms with Gasteiger partial charge in [0.2, 0.25) is 10.0 Å². The van der Waals surface area contributed by atoms with E-state index in [1.165, 1.54) is 12.1 Å². The molecule has 2 aromatic rings. The summed E-state index contributed by atoms with van der Waals surface area (Å²) in [4.78, 5) is -0.813. The first-order valence-corrected chi connectivity index (χ1v) is 12.4. The van der Waals surface area contributed by atoms with Crippen LogP contribution in [0.5, 0.6) is 0 Å². The van der Waals surface area contributed by atoms with E-state index in [0.717, 1.165) is 30.3 Å². The van der Waals surface area contributed by atoms with Gasteiger partial charge >= 0.3 is 0 Å². The second-order valence-corrected chi connectivity index (χ2v) is 11.7. The summed E-state index contributed by atoms with van der Waals surface area (Å²) in [6.45, 7) is -2.54. The number of aliphatic hydroxyl groups excluding tert-OH is 1. The van der Waals surface area contributed by atoms with Crippen molar-refractivity contribution >= 4 is 31.5 Å². The van der Waals surface area contributed by atoms with E-state index < -0.39 is 72.3 Å². The molecule has 0 amide bonds. The molecule has 172 valence electrons. The Balaban J connectivity index is 2.00. The van der Waals surface area contributed by atoms with Crippen molar-refractivity contribution < 1.29 is 35.8 Å². The van der Waals surface area contributed by atoms with E-state index in [1.54, 1.807) is 0 Å². The predicted octanol–water partition coefficient (Wildman–Crippen LogP) is 1.72. The molecule has 1 aliphatic heterocycles. The average Bonchev–Trinajstić information content (AvgIpc) is 3.13. The summed E-state index contributed by atoms with van der Waals surface area (Å²) in [6, 6.07) is 9.16. The van der Waals surface area contributed by atoms with Gasteiger partial charge in [0.1, 0.15) is 15.7 Å². The van der Waals surface area contributed by atoms with Crippen LogP contribution in [-0.2, 0) is 19.9 Å². The predicted molar refractivity (Wildman–Crippen MR) is 109 cm³/mol. The van der Waals surface area contributed by atoms with Crippen molar-refractivity contribution in [3.05, 3.63) is 58.6 Å². The molecule has 8 nitrogen and oxygen atoms in total. The number of alkyl halides is 2. The number of halogens is 3. The number of β-amino-alcohol motifs (C(OH)–C–C–N with tert-alkyl or cyclic N) is 1. The lowest BCUT2D eigenvalue weighted by molar-refractivity contribution is 0.00160.